The van der Waals surface area contributed by atoms with Gasteiger partial charge < -0.3 is 9.15 Å². The predicted octanol–water partition coefficient (Wildman–Crippen LogP) is 4.09. The zero-order valence-electron chi connectivity index (χ0n) is 14.3. The molecule has 5 nitrogen and oxygen atoms in total. The highest BCUT2D eigenvalue weighted by Crippen LogP contribution is 2.33. The lowest BCUT2D eigenvalue weighted by Crippen LogP contribution is -2.06. The number of carbonyl (C=O) groups is 1. The maximum atomic E-state index is 12.4. The number of nitrogens with zero attached hydrogens (tertiary/aromatic N) is 1. The minimum atomic E-state index is -0.375. The van der Waals surface area contributed by atoms with Gasteiger partial charge >= 0.3 is 11.6 Å². The number of ether oxygens (including phenoxy) is 1. The molecule has 0 atom stereocenters. The summed E-state index contributed by atoms with van der Waals surface area (Å²) in [6.45, 7) is 0. The average molecular weight is 367 g/mol. The van der Waals surface area contributed by atoms with Crippen LogP contribution in [0.1, 0.15) is 45.1 Å². The van der Waals surface area contributed by atoms with Crippen LogP contribution < -0.4 is 5.63 Å². The third-order valence-corrected chi connectivity index (χ3v) is 5.70. The molecule has 0 bridgehead atoms. The van der Waals surface area contributed by atoms with Crippen molar-refractivity contribution in [2.75, 3.05) is 7.11 Å². The molecule has 0 N–H and O–H groups in total. The van der Waals surface area contributed by atoms with E-state index in [1.807, 2.05) is 0 Å². The van der Waals surface area contributed by atoms with Crippen molar-refractivity contribution in [3.8, 4) is 0 Å². The van der Waals surface area contributed by atoms with Crippen LogP contribution in [0.25, 0.3) is 22.4 Å². The number of hydrogen-bond donors (Lipinski definition) is 0. The van der Waals surface area contributed by atoms with Crippen LogP contribution in [0.5, 0.6) is 0 Å². The molecule has 0 saturated heterocycles. The molecule has 2 aromatic heterocycles. The van der Waals surface area contributed by atoms with E-state index in [0.717, 1.165) is 35.2 Å². The van der Waals surface area contributed by atoms with Crippen molar-refractivity contribution in [1.82, 2.24) is 4.98 Å². The first-order valence-electron chi connectivity index (χ1n) is 8.47. The molecule has 0 aliphatic heterocycles. The minimum absolute atomic E-state index is 0.290. The lowest BCUT2D eigenvalue weighted by Gasteiger charge is -2.09. The van der Waals surface area contributed by atoms with Crippen molar-refractivity contribution in [2.45, 2.75) is 25.7 Å². The van der Waals surface area contributed by atoms with E-state index >= 15 is 0 Å². The summed E-state index contributed by atoms with van der Waals surface area (Å²) in [5.41, 5.74) is 2.18. The number of aromatic nitrogens is 1. The molecule has 0 saturated carbocycles. The molecule has 3 aromatic rings. The SMILES string of the molecule is COC(=O)c1ccc(C=Cc2nc3sc4c(c3c(=O)o2)CCCC4)cc1. The molecule has 1 aliphatic rings. The first-order valence-corrected chi connectivity index (χ1v) is 9.29. The number of benzene rings is 1. The second-order valence-electron chi connectivity index (χ2n) is 6.18. The summed E-state index contributed by atoms with van der Waals surface area (Å²) in [7, 11) is 1.35. The van der Waals surface area contributed by atoms with Crippen molar-refractivity contribution >= 4 is 39.7 Å². The number of rotatable bonds is 3. The van der Waals surface area contributed by atoms with Gasteiger partial charge in [-0.3, -0.25) is 0 Å². The van der Waals surface area contributed by atoms with Crippen LogP contribution in [0, 0.1) is 0 Å². The normalized spacial score (nSPS) is 13.9. The maximum absolute atomic E-state index is 12.4. The number of carbonyl (C=O) groups excluding carboxylic acids is 1. The highest BCUT2D eigenvalue weighted by Gasteiger charge is 2.20. The lowest BCUT2D eigenvalue weighted by molar-refractivity contribution is 0.0600. The van der Waals surface area contributed by atoms with Crippen molar-refractivity contribution in [2.24, 2.45) is 0 Å². The molecule has 0 fully saturated rings. The molecular formula is C20H17NO4S. The van der Waals surface area contributed by atoms with Crippen LogP contribution in [0.2, 0.25) is 0 Å². The summed E-state index contributed by atoms with van der Waals surface area (Å²) in [6, 6.07) is 6.96. The van der Waals surface area contributed by atoms with Gasteiger partial charge in [-0.2, -0.15) is 0 Å². The largest absolute Gasteiger partial charge is 0.465 e. The van der Waals surface area contributed by atoms with Gasteiger partial charge in [0.25, 0.3) is 0 Å². The molecule has 0 radical (unpaired) electrons. The van der Waals surface area contributed by atoms with Crippen LogP contribution in [-0.4, -0.2) is 18.1 Å². The average Bonchev–Trinajstić information content (AvgIpc) is 3.05. The molecule has 2 heterocycles. The third-order valence-electron chi connectivity index (χ3n) is 4.52. The summed E-state index contributed by atoms with van der Waals surface area (Å²) >= 11 is 1.60. The fourth-order valence-corrected chi connectivity index (χ4v) is 4.45. The maximum Gasteiger partial charge on any atom is 0.348 e. The first kappa shape index (κ1) is 16.7. The fourth-order valence-electron chi connectivity index (χ4n) is 3.20. The van der Waals surface area contributed by atoms with Crippen molar-refractivity contribution in [1.29, 1.82) is 0 Å². The zero-order valence-corrected chi connectivity index (χ0v) is 15.1. The summed E-state index contributed by atoms with van der Waals surface area (Å²) < 4.78 is 10.1. The van der Waals surface area contributed by atoms with Crippen LogP contribution in [0.3, 0.4) is 0 Å². The molecule has 1 aliphatic carbocycles. The number of thiophene rings is 1. The Morgan fingerprint density at radius 3 is 2.73 bits per heavy atom. The standard InChI is InChI=1S/C20H17NO4S/c1-24-19(22)13-9-6-12(7-10-13)8-11-16-21-18-17(20(23)25-16)14-4-2-3-5-15(14)26-18/h6-11H,2-5H2,1H3. The van der Waals surface area contributed by atoms with E-state index in [1.54, 1.807) is 47.8 Å². The Balaban J connectivity index is 1.64. The quantitative estimate of drug-likeness (QED) is 0.652. The number of methoxy groups -OCH3 is 1. The van der Waals surface area contributed by atoms with Crippen LogP contribution in [0.4, 0.5) is 0 Å². The van der Waals surface area contributed by atoms with Gasteiger partial charge in [-0.25, -0.2) is 14.6 Å². The van der Waals surface area contributed by atoms with Gasteiger partial charge in [0.15, 0.2) is 0 Å². The highest BCUT2D eigenvalue weighted by atomic mass is 32.1. The molecule has 1 aromatic carbocycles. The van der Waals surface area contributed by atoms with Crippen LogP contribution in [0.15, 0.2) is 33.5 Å². The molecular weight excluding hydrogens is 350 g/mol. The second kappa shape index (κ2) is 6.88. The summed E-state index contributed by atoms with van der Waals surface area (Å²) in [5.74, 6) is -0.0848. The summed E-state index contributed by atoms with van der Waals surface area (Å²) in [4.78, 5) is 30.4. The van der Waals surface area contributed by atoms with Gasteiger partial charge in [-0.05, 0) is 55.0 Å². The monoisotopic (exact) mass is 367 g/mol. The number of esters is 1. The summed E-state index contributed by atoms with van der Waals surface area (Å²) in [6.07, 6.45) is 7.70. The van der Waals surface area contributed by atoms with Gasteiger partial charge in [-0.15, -0.1) is 11.3 Å². The lowest BCUT2D eigenvalue weighted by atomic mass is 9.97. The molecule has 4 rings (SSSR count). The van der Waals surface area contributed by atoms with Crippen molar-refractivity contribution in [3.63, 3.8) is 0 Å². The predicted molar refractivity (Wildman–Crippen MR) is 102 cm³/mol. The highest BCUT2D eigenvalue weighted by molar-refractivity contribution is 7.18. The Morgan fingerprint density at radius 1 is 1.19 bits per heavy atom. The van der Waals surface area contributed by atoms with Crippen molar-refractivity contribution in [3.05, 3.63) is 62.1 Å². The zero-order chi connectivity index (χ0) is 18.1. The Morgan fingerprint density at radius 2 is 1.96 bits per heavy atom. The van der Waals surface area contributed by atoms with Gasteiger partial charge in [-0.1, -0.05) is 12.1 Å². The van der Waals surface area contributed by atoms with Crippen LogP contribution in [-0.2, 0) is 17.6 Å². The smallest absolute Gasteiger partial charge is 0.348 e. The van der Waals surface area contributed by atoms with E-state index in [-0.39, 0.29) is 17.5 Å². The Kier molecular flexibility index (Phi) is 4.42. The van der Waals surface area contributed by atoms with E-state index < -0.39 is 0 Å². The van der Waals surface area contributed by atoms with E-state index in [1.165, 1.54) is 18.4 Å². The van der Waals surface area contributed by atoms with Gasteiger partial charge in [0.1, 0.15) is 10.2 Å². The van der Waals surface area contributed by atoms with Gasteiger partial charge in [0, 0.05) is 11.0 Å². The third kappa shape index (κ3) is 3.08. The van der Waals surface area contributed by atoms with E-state index in [9.17, 15) is 9.59 Å². The Bertz CT molecular complexity index is 1060. The fraction of sp³-hybridized carbons (Fsp3) is 0.250. The van der Waals surface area contributed by atoms with Crippen molar-refractivity contribution < 1.29 is 13.9 Å². The first-order chi connectivity index (χ1) is 12.7. The van der Waals surface area contributed by atoms with Gasteiger partial charge in [0.2, 0.25) is 5.89 Å². The van der Waals surface area contributed by atoms with E-state index in [0.29, 0.717) is 10.9 Å². The van der Waals surface area contributed by atoms with Gasteiger partial charge in [0.05, 0.1) is 12.7 Å². The molecule has 0 spiro atoms. The molecule has 6 heteroatoms. The molecule has 0 amide bonds. The Labute approximate surface area is 153 Å². The number of fused-ring (bicyclic) bond motifs is 3. The molecule has 26 heavy (non-hydrogen) atoms. The van der Waals surface area contributed by atoms with E-state index in [4.69, 9.17) is 4.42 Å². The van der Waals surface area contributed by atoms with E-state index in [2.05, 4.69) is 9.72 Å². The number of hydrogen-bond acceptors (Lipinski definition) is 6. The van der Waals surface area contributed by atoms with Crippen LogP contribution >= 0.6 is 11.3 Å². The summed E-state index contributed by atoms with van der Waals surface area (Å²) in [5, 5.41) is 0.657. The molecule has 0 unspecified atom stereocenters. The number of aryl methyl sites for hydroxylation is 2. The topological polar surface area (TPSA) is 69.4 Å². The minimum Gasteiger partial charge on any atom is -0.465 e. The Hall–Kier alpha value is -2.73. The molecule has 132 valence electrons. The second-order valence-corrected chi connectivity index (χ2v) is 7.26.